The van der Waals surface area contributed by atoms with Crippen molar-refractivity contribution >= 4 is 23.1 Å². The molecule has 17 heavy (non-hydrogen) atoms. The van der Waals surface area contributed by atoms with E-state index in [1.165, 1.54) is 19.1 Å². The van der Waals surface area contributed by atoms with E-state index in [-0.39, 0.29) is 11.3 Å². The normalized spacial score (nSPS) is 14.1. The number of carbonyl (C=O) groups is 3. The van der Waals surface area contributed by atoms with Gasteiger partial charge in [0.05, 0.1) is 5.56 Å². The molecule has 86 valence electrons. The number of hydrogen-bond donors (Lipinski definition) is 0. The second-order valence-electron chi connectivity index (χ2n) is 3.79. The number of Topliss-reactive ketones (excluding diaryl/α,β-unsaturated/α-hetero) is 1. The van der Waals surface area contributed by atoms with Crippen molar-refractivity contribution in [3.63, 3.8) is 0 Å². The zero-order valence-corrected chi connectivity index (χ0v) is 9.44. The molecule has 4 heteroatoms. The largest absolute Gasteiger partial charge is 0.426 e. The van der Waals surface area contributed by atoms with Gasteiger partial charge < -0.3 is 4.74 Å². The zero-order valence-electron chi connectivity index (χ0n) is 9.44. The van der Waals surface area contributed by atoms with Crippen LogP contribution in [0.25, 0.3) is 5.57 Å². The van der Waals surface area contributed by atoms with Gasteiger partial charge in [-0.15, -0.1) is 0 Å². The molecule has 1 aromatic rings. The van der Waals surface area contributed by atoms with Gasteiger partial charge in [0, 0.05) is 6.92 Å². The number of allylic oxidation sites excluding steroid dienone is 2. The molecule has 0 bridgehead atoms. The molecule has 0 unspecified atom stereocenters. The summed E-state index contributed by atoms with van der Waals surface area (Å²) in [6.45, 7) is 2.98. The van der Waals surface area contributed by atoms with E-state index in [1.807, 2.05) is 0 Å². The highest BCUT2D eigenvalue weighted by Gasteiger charge is 2.27. The lowest BCUT2D eigenvalue weighted by Crippen LogP contribution is -2.20. The second kappa shape index (κ2) is 3.97. The average molecular weight is 230 g/mol. The Kier molecular flexibility index (Phi) is 2.63. The van der Waals surface area contributed by atoms with Crippen molar-refractivity contribution in [3.8, 4) is 5.75 Å². The number of benzene rings is 1. The molecule has 0 atom stereocenters. The Morgan fingerprint density at radius 1 is 1.24 bits per heavy atom. The van der Waals surface area contributed by atoms with Crippen LogP contribution < -0.4 is 4.74 Å². The summed E-state index contributed by atoms with van der Waals surface area (Å²) < 4.78 is 4.94. The lowest BCUT2D eigenvalue weighted by atomic mass is 9.89. The summed E-state index contributed by atoms with van der Waals surface area (Å²) in [5, 5.41) is 0. The molecule has 0 radical (unpaired) electrons. The summed E-state index contributed by atoms with van der Waals surface area (Å²) >= 11 is 0. The van der Waals surface area contributed by atoms with E-state index in [1.54, 1.807) is 19.1 Å². The van der Waals surface area contributed by atoms with Crippen LogP contribution in [0.4, 0.5) is 0 Å². The van der Waals surface area contributed by atoms with Gasteiger partial charge in [0.1, 0.15) is 5.75 Å². The Labute approximate surface area is 97.9 Å². The van der Waals surface area contributed by atoms with Crippen LogP contribution in [-0.2, 0) is 9.59 Å². The standard InChI is InChI=1S/C13H10O4/c1-7-6-10(15)13(16)12-9(7)4-3-5-11(12)17-8(2)14/h3-6H,1-2H3. The summed E-state index contributed by atoms with van der Waals surface area (Å²) in [4.78, 5) is 34.2. The first-order valence-corrected chi connectivity index (χ1v) is 5.09. The van der Waals surface area contributed by atoms with Crippen LogP contribution in [-0.4, -0.2) is 17.5 Å². The molecule has 1 aliphatic rings. The van der Waals surface area contributed by atoms with Crippen molar-refractivity contribution in [3.05, 3.63) is 35.4 Å². The Bertz CT molecular complexity index is 567. The van der Waals surface area contributed by atoms with Crippen LogP contribution in [0.3, 0.4) is 0 Å². The number of ketones is 2. The third kappa shape index (κ3) is 1.89. The maximum absolute atomic E-state index is 11.8. The predicted molar refractivity (Wildman–Crippen MR) is 60.7 cm³/mol. The Hall–Kier alpha value is -2.23. The minimum atomic E-state index is -0.637. The highest BCUT2D eigenvalue weighted by molar-refractivity contribution is 6.51. The van der Waals surface area contributed by atoms with Gasteiger partial charge in [-0.1, -0.05) is 12.1 Å². The molecule has 0 spiro atoms. The number of esters is 1. The van der Waals surface area contributed by atoms with E-state index >= 15 is 0 Å². The second-order valence-corrected chi connectivity index (χ2v) is 3.79. The molecule has 0 heterocycles. The lowest BCUT2D eigenvalue weighted by molar-refractivity contribution is -0.131. The number of carbonyl (C=O) groups excluding carboxylic acids is 3. The van der Waals surface area contributed by atoms with Gasteiger partial charge in [-0.25, -0.2) is 0 Å². The van der Waals surface area contributed by atoms with E-state index in [4.69, 9.17) is 4.74 Å². The molecule has 0 aromatic heterocycles. The van der Waals surface area contributed by atoms with Crippen molar-refractivity contribution < 1.29 is 19.1 Å². The fourth-order valence-electron chi connectivity index (χ4n) is 1.80. The van der Waals surface area contributed by atoms with Crippen molar-refractivity contribution in [1.82, 2.24) is 0 Å². The van der Waals surface area contributed by atoms with Crippen LogP contribution in [0.5, 0.6) is 5.75 Å². The molecule has 0 N–H and O–H groups in total. The summed E-state index contributed by atoms with van der Waals surface area (Å²) in [5.41, 5.74) is 1.50. The van der Waals surface area contributed by atoms with Crippen molar-refractivity contribution in [2.45, 2.75) is 13.8 Å². The van der Waals surface area contributed by atoms with Crippen molar-refractivity contribution in [1.29, 1.82) is 0 Å². The minimum Gasteiger partial charge on any atom is -0.426 e. The summed E-state index contributed by atoms with van der Waals surface area (Å²) in [6.07, 6.45) is 1.29. The molecule has 0 saturated carbocycles. The van der Waals surface area contributed by atoms with Gasteiger partial charge in [-0.05, 0) is 30.2 Å². The summed E-state index contributed by atoms with van der Waals surface area (Å²) in [5.74, 6) is -1.61. The predicted octanol–water partition coefficient (Wildman–Crippen LogP) is 1.78. The number of ether oxygens (including phenoxy) is 1. The van der Waals surface area contributed by atoms with Gasteiger partial charge >= 0.3 is 5.97 Å². The van der Waals surface area contributed by atoms with E-state index in [0.29, 0.717) is 11.1 Å². The molecule has 4 nitrogen and oxygen atoms in total. The fraction of sp³-hybridized carbons (Fsp3) is 0.154. The average Bonchev–Trinajstić information content (AvgIpc) is 2.25. The molecule has 0 amide bonds. The van der Waals surface area contributed by atoms with Crippen molar-refractivity contribution in [2.24, 2.45) is 0 Å². The lowest BCUT2D eigenvalue weighted by Gasteiger charge is -2.16. The van der Waals surface area contributed by atoms with Crippen LogP contribution in [0.1, 0.15) is 29.8 Å². The third-order valence-corrected chi connectivity index (χ3v) is 2.50. The maximum Gasteiger partial charge on any atom is 0.308 e. The first kappa shape index (κ1) is 11.3. The van der Waals surface area contributed by atoms with E-state index in [9.17, 15) is 14.4 Å². The van der Waals surface area contributed by atoms with Gasteiger partial charge in [-0.2, -0.15) is 0 Å². The van der Waals surface area contributed by atoms with Gasteiger partial charge in [0.15, 0.2) is 0 Å². The minimum absolute atomic E-state index is 0.140. The Morgan fingerprint density at radius 2 is 1.94 bits per heavy atom. The maximum atomic E-state index is 11.8. The molecule has 1 aromatic carbocycles. The molecule has 0 saturated heterocycles. The summed E-state index contributed by atoms with van der Waals surface area (Å²) in [6, 6.07) is 4.90. The number of hydrogen-bond acceptors (Lipinski definition) is 4. The van der Waals surface area contributed by atoms with Crippen LogP contribution >= 0.6 is 0 Å². The van der Waals surface area contributed by atoms with Gasteiger partial charge in [0.2, 0.25) is 11.6 Å². The van der Waals surface area contributed by atoms with E-state index < -0.39 is 17.5 Å². The first-order valence-electron chi connectivity index (χ1n) is 5.09. The van der Waals surface area contributed by atoms with Crippen LogP contribution in [0.15, 0.2) is 24.3 Å². The van der Waals surface area contributed by atoms with E-state index in [0.717, 1.165) is 0 Å². The molecular weight excluding hydrogens is 220 g/mol. The highest BCUT2D eigenvalue weighted by atomic mass is 16.5. The number of fused-ring (bicyclic) bond motifs is 1. The molecule has 0 aliphatic heterocycles. The van der Waals surface area contributed by atoms with Crippen molar-refractivity contribution in [2.75, 3.05) is 0 Å². The summed E-state index contributed by atoms with van der Waals surface area (Å²) in [7, 11) is 0. The smallest absolute Gasteiger partial charge is 0.308 e. The Morgan fingerprint density at radius 3 is 2.59 bits per heavy atom. The molecule has 1 aliphatic carbocycles. The molecule has 0 fully saturated rings. The van der Waals surface area contributed by atoms with Gasteiger partial charge in [-0.3, -0.25) is 14.4 Å². The van der Waals surface area contributed by atoms with E-state index in [2.05, 4.69) is 0 Å². The van der Waals surface area contributed by atoms with Crippen LogP contribution in [0, 0.1) is 0 Å². The SMILES string of the molecule is CC(=O)Oc1cccc2c1C(=O)C(=O)C=C2C. The van der Waals surface area contributed by atoms with Crippen LogP contribution in [0.2, 0.25) is 0 Å². The third-order valence-electron chi connectivity index (χ3n) is 2.50. The van der Waals surface area contributed by atoms with Gasteiger partial charge in [0.25, 0.3) is 0 Å². The molecule has 2 rings (SSSR count). The Balaban J connectivity index is 2.65. The monoisotopic (exact) mass is 230 g/mol. The fourth-order valence-corrected chi connectivity index (χ4v) is 1.80. The quantitative estimate of drug-likeness (QED) is 0.419. The topological polar surface area (TPSA) is 60.4 Å². The number of rotatable bonds is 1. The molecular formula is C13H10O4. The zero-order chi connectivity index (χ0) is 12.6. The highest BCUT2D eigenvalue weighted by Crippen LogP contribution is 2.31. The first-order chi connectivity index (χ1) is 8.00.